The van der Waals surface area contributed by atoms with Crippen LogP contribution < -0.4 is 0 Å². The van der Waals surface area contributed by atoms with E-state index in [0.29, 0.717) is 5.75 Å². The van der Waals surface area contributed by atoms with Crippen LogP contribution in [0.3, 0.4) is 0 Å². The first-order valence-corrected chi connectivity index (χ1v) is 5.50. The highest BCUT2D eigenvalue weighted by atomic mass is 79.9. The van der Waals surface area contributed by atoms with Gasteiger partial charge in [0.1, 0.15) is 5.75 Å². The minimum atomic E-state index is 0.193. The monoisotopic (exact) mass is 242 g/mol. The topological polar surface area (TPSA) is 20.2 Å². The van der Waals surface area contributed by atoms with Gasteiger partial charge in [0.15, 0.2) is 0 Å². The molecule has 0 atom stereocenters. The number of hydrogen-bond acceptors (Lipinski definition) is 1. The number of benzene rings is 1. The molecule has 1 aromatic rings. The summed E-state index contributed by atoms with van der Waals surface area (Å²) >= 11 is 3.47. The Balaban J connectivity index is 2.80. The van der Waals surface area contributed by atoms with Crippen molar-refractivity contribution in [3.05, 3.63) is 29.8 Å². The van der Waals surface area contributed by atoms with Crippen molar-refractivity contribution in [1.29, 1.82) is 0 Å². The highest BCUT2D eigenvalue weighted by Crippen LogP contribution is 2.28. The van der Waals surface area contributed by atoms with E-state index in [2.05, 4.69) is 29.8 Å². The van der Waals surface area contributed by atoms with E-state index < -0.39 is 0 Å². The van der Waals surface area contributed by atoms with E-state index >= 15 is 0 Å². The van der Waals surface area contributed by atoms with Crippen LogP contribution in [0.5, 0.6) is 5.75 Å². The van der Waals surface area contributed by atoms with Gasteiger partial charge in [-0.05, 0) is 23.5 Å². The van der Waals surface area contributed by atoms with Gasteiger partial charge in [-0.3, -0.25) is 0 Å². The third-order valence-corrected chi connectivity index (χ3v) is 3.54. The highest BCUT2D eigenvalue weighted by molar-refractivity contribution is 9.09. The fraction of sp³-hybridized carbons (Fsp3) is 0.455. The lowest BCUT2D eigenvalue weighted by molar-refractivity contribution is 0.405. The summed E-state index contributed by atoms with van der Waals surface area (Å²) in [4.78, 5) is 0. The molecule has 2 heteroatoms. The van der Waals surface area contributed by atoms with Gasteiger partial charge in [-0.15, -0.1) is 0 Å². The second-order valence-electron chi connectivity index (χ2n) is 4.10. The van der Waals surface area contributed by atoms with Crippen LogP contribution in [0.2, 0.25) is 0 Å². The van der Waals surface area contributed by atoms with Crippen LogP contribution >= 0.6 is 15.9 Å². The lowest BCUT2D eigenvalue weighted by Crippen LogP contribution is -2.16. The van der Waals surface area contributed by atoms with Crippen molar-refractivity contribution in [3.8, 4) is 5.75 Å². The SMILES string of the molecule is CC(C)(CBr)Cc1ccccc1O. The molecule has 0 aromatic heterocycles. The lowest BCUT2D eigenvalue weighted by Gasteiger charge is -2.21. The molecule has 0 saturated carbocycles. The van der Waals surface area contributed by atoms with E-state index in [1.54, 1.807) is 6.07 Å². The third-order valence-electron chi connectivity index (χ3n) is 2.02. The number of phenolic OH excluding ortho intramolecular Hbond substituents is 1. The highest BCUT2D eigenvalue weighted by Gasteiger charge is 2.18. The first kappa shape index (κ1) is 10.6. The number of para-hydroxylation sites is 1. The van der Waals surface area contributed by atoms with Gasteiger partial charge in [-0.2, -0.15) is 0 Å². The van der Waals surface area contributed by atoms with Crippen molar-refractivity contribution in [2.75, 3.05) is 5.33 Å². The number of halogens is 1. The van der Waals surface area contributed by atoms with Crippen LogP contribution in [0.25, 0.3) is 0 Å². The molecule has 72 valence electrons. The maximum absolute atomic E-state index is 9.55. The van der Waals surface area contributed by atoms with E-state index in [9.17, 15) is 5.11 Å². The summed E-state index contributed by atoms with van der Waals surface area (Å²) in [5.41, 5.74) is 1.21. The van der Waals surface area contributed by atoms with E-state index in [0.717, 1.165) is 17.3 Å². The van der Waals surface area contributed by atoms with Crippen LogP contribution in [-0.2, 0) is 6.42 Å². The van der Waals surface area contributed by atoms with Crippen molar-refractivity contribution in [1.82, 2.24) is 0 Å². The maximum atomic E-state index is 9.55. The Labute approximate surface area is 87.9 Å². The Kier molecular flexibility index (Phi) is 3.37. The summed E-state index contributed by atoms with van der Waals surface area (Å²) in [6.07, 6.45) is 0.894. The van der Waals surface area contributed by atoms with Gasteiger partial charge in [0, 0.05) is 5.33 Å². The zero-order valence-corrected chi connectivity index (χ0v) is 9.63. The fourth-order valence-electron chi connectivity index (χ4n) is 1.22. The number of rotatable bonds is 3. The molecular formula is C11H15BrO. The molecular weight excluding hydrogens is 228 g/mol. The summed E-state index contributed by atoms with van der Waals surface area (Å²) < 4.78 is 0. The molecule has 0 heterocycles. The first-order valence-electron chi connectivity index (χ1n) is 4.38. The van der Waals surface area contributed by atoms with Gasteiger partial charge < -0.3 is 5.11 Å². The van der Waals surface area contributed by atoms with Gasteiger partial charge in [0.2, 0.25) is 0 Å². The van der Waals surface area contributed by atoms with Crippen molar-refractivity contribution in [3.63, 3.8) is 0 Å². The number of aromatic hydroxyl groups is 1. The Morgan fingerprint density at radius 3 is 2.46 bits per heavy atom. The average molecular weight is 243 g/mol. The summed E-state index contributed by atoms with van der Waals surface area (Å²) in [7, 11) is 0. The molecule has 0 saturated heterocycles. The van der Waals surface area contributed by atoms with E-state index in [-0.39, 0.29) is 5.41 Å². The standard InChI is InChI=1S/C11H15BrO/c1-11(2,8-12)7-9-5-3-4-6-10(9)13/h3-6,13H,7-8H2,1-2H3. The van der Waals surface area contributed by atoms with Crippen molar-refractivity contribution < 1.29 is 5.11 Å². The maximum Gasteiger partial charge on any atom is 0.118 e. The third kappa shape index (κ3) is 3.03. The Hall–Kier alpha value is -0.500. The molecule has 0 spiro atoms. The van der Waals surface area contributed by atoms with Crippen LogP contribution in [0.1, 0.15) is 19.4 Å². The molecule has 0 amide bonds. The first-order chi connectivity index (χ1) is 6.05. The van der Waals surface area contributed by atoms with Crippen molar-refractivity contribution in [2.45, 2.75) is 20.3 Å². The zero-order chi connectivity index (χ0) is 9.90. The Morgan fingerprint density at radius 1 is 1.31 bits per heavy atom. The quantitative estimate of drug-likeness (QED) is 0.807. The van der Waals surface area contributed by atoms with Crippen molar-refractivity contribution in [2.24, 2.45) is 5.41 Å². The van der Waals surface area contributed by atoms with E-state index in [4.69, 9.17) is 0 Å². The molecule has 1 N–H and O–H groups in total. The summed E-state index contributed by atoms with van der Waals surface area (Å²) in [5, 5.41) is 10.5. The number of phenols is 1. The van der Waals surface area contributed by atoms with Crippen LogP contribution in [0, 0.1) is 5.41 Å². The van der Waals surface area contributed by atoms with Crippen LogP contribution in [-0.4, -0.2) is 10.4 Å². The largest absolute Gasteiger partial charge is 0.508 e. The smallest absolute Gasteiger partial charge is 0.118 e. The second-order valence-corrected chi connectivity index (χ2v) is 4.66. The zero-order valence-electron chi connectivity index (χ0n) is 8.05. The molecule has 0 aliphatic heterocycles. The van der Waals surface area contributed by atoms with Gasteiger partial charge in [0.25, 0.3) is 0 Å². The minimum Gasteiger partial charge on any atom is -0.508 e. The summed E-state index contributed by atoms with van der Waals surface area (Å²) in [6, 6.07) is 7.51. The van der Waals surface area contributed by atoms with Gasteiger partial charge in [-0.1, -0.05) is 48.0 Å². The molecule has 0 aliphatic carbocycles. The minimum absolute atomic E-state index is 0.193. The lowest BCUT2D eigenvalue weighted by atomic mass is 9.88. The molecule has 0 aliphatic rings. The second kappa shape index (κ2) is 4.14. The Bertz CT molecular complexity index is 281. The van der Waals surface area contributed by atoms with Gasteiger partial charge >= 0.3 is 0 Å². The van der Waals surface area contributed by atoms with Gasteiger partial charge in [-0.25, -0.2) is 0 Å². The fourth-order valence-corrected chi connectivity index (χ4v) is 1.42. The summed E-state index contributed by atoms with van der Waals surface area (Å²) in [6.45, 7) is 4.35. The van der Waals surface area contributed by atoms with Gasteiger partial charge in [0.05, 0.1) is 0 Å². The average Bonchev–Trinajstić information content (AvgIpc) is 2.09. The summed E-state index contributed by atoms with van der Waals surface area (Å²) in [5.74, 6) is 0.400. The van der Waals surface area contributed by atoms with Crippen molar-refractivity contribution >= 4 is 15.9 Å². The van der Waals surface area contributed by atoms with Crippen LogP contribution in [0.4, 0.5) is 0 Å². The molecule has 0 unspecified atom stereocenters. The Morgan fingerprint density at radius 2 is 1.92 bits per heavy atom. The molecule has 1 aromatic carbocycles. The van der Waals surface area contributed by atoms with E-state index in [1.807, 2.05) is 18.2 Å². The molecule has 0 bridgehead atoms. The molecule has 1 rings (SSSR count). The van der Waals surface area contributed by atoms with E-state index in [1.165, 1.54) is 0 Å². The predicted molar refractivity (Wildman–Crippen MR) is 59.4 cm³/mol. The molecule has 0 fully saturated rings. The molecule has 13 heavy (non-hydrogen) atoms. The van der Waals surface area contributed by atoms with Crippen LogP contribution in [0.15, 0.2) is 24.3 Å². The molecule has 1 nitrogen and oxygen atoms in total. The normalized spacial score (nSPS) is 11.6. The number of hydrogen-bond donors (Lipinski definition) is 1. The predicted octanol–water partition coefficient (Wildman–Crippen LogP) is 3.36. The number of alkyl halides is 1. The molecule has 0 radical (unpaired) electrons.